The molecular formula is C24H21F3N4OS. The number of rotatable bonds is 5. The number of hydrogen-bond donors (Lipinski definition) is 0. The van der Waals surface area contributed by atoms with E-state index in [0.717, 1.165) is 64.6 Å². The molecule has 9 heteroatoms. The highest BCUT2D eigenvalue weighted by Crippen LogP contribution is 2.33. The topological polar surface area (TPSA) is 52.8 Å². The fourth-order valence-electron chi connectivity index (χ4n) is 3.87. The van der Waals surface area contributed by atoms with E-state index in [4.69, 9.17) is 4.74 Å². The number of benzene rings is 1. The van der Waals surface area contributed by atoms with E-state index in [-0.39, 0.29) is 6.10 Å². The zero-order valence-electron chi connectivity index (χ0n) is 17.8. The molecule has 4 heterocycles. The Hall–Kier alpha value is -3.04. The highest BCUT2D eigenvalue weighted by Gasteiger charge is 2.31. The van der Waals surface area contributed by atoms with Crippen LogP contribution in [0, 0.1) is 0 Å². The normalized spacial score (nSPS) is 17.2. The minimum Gasteiger partial charge on any atom is -0.376 e. The summed E-state index contributed by atoms with van der Waals surface area (Å²) in [5, 5.41) is 5.27. The SMILES string of the molecule is C/C(=C/c1nc2ccc(-c3cncc(C(F)(F)F)c3)cc2s1)c1cnn(CC2CCCO2)c1. The van der Waals surface area contributed by atoms with Gasteiger partial charge in [0.15, 0.2) is 0 Å². The van der Waals surface area contributed by atoms with E-state index < -0.39 is 11.7 Å². The summed E-state index contributed by atoms with van der Waals surface area (Å²) in [4.78, 5) is 8.42. The zero-order chi connectivity index (χ0) is 23.0. The summed E-state index contributed by atoms with van der Waals surface area (Å²) in [6, 6.07) is 6.58. The van der Waals surface area contributed by atoms with Gasteiger partial charge in [0.25, 0.3) is 0 Å². The van der Waals surface area contributed by atoms with E-state index in [2.05, 4.69) is 15.1 Å². The minimum atomic E-state index is -4.43. The molecule has 1 atom stereocenters. The van der Waals surface area contributed by atoms with Crippen LogP contribution in [0.5, 0.6) is 0 Å². The van der Waals surface area contributed by atoms with Crippen LogP contribution in [-0.4, -0.2) is 32.5 Å². The Kier molecular flexibility index (Phi) is 5.76. The second kappa shape index (κ2) is 8.72. The van der Waals surface area contributed by atoms with Gasteiger partial charge in [-0.3, -0.25) is 9.67 Å². The molecule has 1 aliphatic heterocycles. The number of alkyl halides is 3. The lowest BCUT2D eigenvalue weighted by atomic mass is 10.1. The van der Waals surface area contributed by atoms with Gasteiger partial charge in [0, 0.05) is 36.3 Å². The number of halogens is 3. The second-order valence-corrected chi connectivity index (χ2v) is 9.17. The van der Waals surface area contributed by atoms with Crippen LogP contribution in [0.25, 0.3) is 33.0 Å². The number of allylic oxidation sites excluding steroid dienone is 1. The number of ether oxygens (including phenoxy) is 1. The predicted octanol–water partition coefficient (Wildman–Crippen LogP) is 6.31. The van der Waals surface area contributed by atoms with Crippen LogP contribution in [0.3, 0.4) is 0 Å². The average molecular weight is 471 g/mol. The lowest BCUT2D eigenvalue weighted by molar-refractivity contribution is -0.137. The van der Waals surface area contributed by atoms with Gasteiger partial charge in [0.05, 0.1) is 34.6 Å². The lowest BCUT2D eigenvalue weighted by Crippen LogP contribution is -2.15. The molecule has 5 nitrogen and oxygen atoms in total. The van der Waals surface area contributed by atoms with Crippen LogP contribution in [-0.2, 0) is 17.5 Å². The van der Waals surface area contributed by atoms with E-state index in [1.807, 2.05) is 42.2 Å². The van der Waals surface area contributed by atoms with Gasteiger partial charge < -0.3 is 4.74 Å². The smallest absolute Gasteiger partial charge is 0.376 e. The van der Waals surface area contributed by atoms with Crippen molar-refractivity contribution in [2.75, 3.05) is 6.61 Å². The van der Waals surface area contributed by atoms with Gasteiger partial charge in [-0.15, -0.1) is 11.3 Å². The fraction of sp³-hybridized carbons (Fsp3) is 0.292. The summed E-state index contributed by atoms with van der Waals surface area (Å²) in [7, 11) is 0. The van der Waals surface area contributed by atoms with Crippen LogP contribution >= 0.6 is 11.3 Å². The molecule has 0 N–H and O–H groups in total. The Morgan fingerprint density at radius 3 is 2.88 bits per heavy atom. The van der Waals surface area contributed by atoms with E-state index >= 15 is 0 Å². The number of thiazole rings is 1. The molecule has 4 aromatic rings. The standard InChI is InChI=1S/C24H21F3N4OS/c1-15(18-11-29-31(13-18)14-20-3-2-6-32-20)7-23-30-21-5-4-16(9-22(21)33-23)17-8-19(12-28-10-17)24(25,26)27/h4-5,7-13,20H,2-3,6,14H2,1H3/b15-7-. The molecule has 0 bridgehead atoms. The first-order valence-electron chi connectivity index (χ1n) is 10.6. The van der Waals surface area contributed by atoms with Crippen molar-refractivity contribution in [3.8, 4) is 11.1 Å². The number of hydrogen-bond acceptors (Lipinski definition) is 5. The number of pyridine rings is 1. The summed E-state index contributed by atoms with van der Waals surface area (Å²) >= 11 is 1.49. The van der Waals surface area contributed by atoms with E-state index in [9.17, 15) is 13.2 Å². The van der Waals surface area contributed by atoms with E-state index in [0.29, 0.717) is 11.1 Å². The van der Waals surface area contributed by atoms with Gasteiger partial charge >= 0.3 is 6.18 Å². The number of aromatic nitrogens is 4. The van der Waals surface area contributed by atoms with Gasteiger partial charge in [-0.2, -0.15) is 18.3 Å². The van der Waals surface area contributed by atoms with Gasteiger partial charge in [-0.1, -0.05) is 6.07 Å². The van der Waals surface area contributed by atoms with E-state index in [1.165, 1.54) is 17.5 Å². The highest BCUT2D eigenvalue weighted by molar-refractivity contribution is 7.19. The molecule has 1 unspecified atom stereocenters. The highest BCUT2D eigenvalue weighted by atomic mass is 32.1. The molecule has 33 heavy (non-hydrogen) atoms. The van der Waals surface area contributed by atoms with Gasteiger partial charge in [-0.25, -0.2) is 4.98 Å². The van der Waals surface area contributed by atoms with Crippen LogP contribution in [0.4, 0.5) is 13.2 Å². The predicted molar refractivity (Wildman–Crippen MR) is 123 cm³/mol. The molecule has 0 aliphatic carbocycles. The third-order valence-electron chi connectivity index (χ3n) is 5.65. The molecule has 1 fully saturated rings. The van der Waals surface area contributed by atoms with Gasteiger partial charge in [-0.05, 0) is 55.2 Å². The maximum absolute atomic E-state index is 13.0. The Bertz CT molecular complexity index is 1320. The maximum Gasteiger partial charge on any atom is 0.417 e. The first-order valence-corrected chi connectivity index (χ1v) is 11.4. The average Bonchev–Trinajstić information content (AvgIpc) is 3.54. The molecular weight excluding hydrogens is 449 g/mol. The molecule has 3 aromatic heterocycles. The molecule has 0 radical (unpaired) electrons. The Morgan fingerprint density at radius 2 is 2.09 bits per heavy atom. The zero-order valence-corrected chi connectivity index (χ0v) is 18.7. The number of nitrogens with zero attached hydrogens (tertiary/aromatic N) is 4. The lowest BCUT2D eigenvalue weighted by Gasteiger charge is -2.08. The van der Waals surface area contributed by atoms with E-state index in [1.54, 1.807) is 6.07 Å². The van der Waals surface area contributed by atoms with Gasteiger partial charge in [0.2, 0.25) is 0 Å². The Balaban J connectivity index is 1.38. The van der Waals surface area contributed by atoms with Crippen molar-refractivity contribution in [2.45, 2.75) is 38.6 Å². The summed E-state index contributed by atoms with van der Waals surface area (Å²) in [5.74, 6) is 0. The van der Waals surface area contributed by atoms with Crippen molar-refractivity contribution >= 4 is 33.2 Å². The largest absolute Gasteiger partial charge is 0.417 e. The molecule has 170 valence electrons. The van der Waals surface area contributed by atoms with Crippen molar-refractivity contribution in [2.24, 2.45) is 0 Å². The third-order valence-corrected chi connectivity index (χ3v) is 6.61. The maximum atomic E-state index is 13.0. The van der Waals surface area contributed by atoms with Crippen molar-refractivity contribution < 1.29 is 17.9 Å². The molecule has 1 saturated heterocycles. The molecule has 0 amide bonds. The van der Waals surface area contributed by atoms with Crippen molar-refractivity contribution in [1.29, 1.82) is 0 Å². The second-order valence-electron chi connectivity index (χ2n) is 8.11. The summed E-state index contributed by atoms with van der Waals surface area (Å²) in [6.45, 7) is 3.59. The first-order chi connectivity index (χ1) is 15.8. The Morgan fingerprint density at radius 1 is 1.21 bits per heavy atom. The third kappa shape index (κ3) is 4.84. The fourth-order valence-corrected chi connectivity index (χ4v) is 4.88. The molecule has 0 saturated carbocycles. The quantitative estimate of drug-likeness (QED) is 0.343. The van der Waals surface area contributed by atoms with Crippen molar-refractivity contribution in [3.63, 3.8) is 0 Å². The van der Waals surface area contributed by atoms with Crippen LogP contribution in [0.2, 0.25) is 0 Å². The summed E-state index contributed by atoms with van der Waals surface area (Å²) < 4.78 is 47.6. The summed E-state index contributed by atoms with van der Waals surface area (Å²) in [5.41, 5.74) is 3.19. The van der Waals surface area contributed by atoms with Crippen LogP contribution in [0.15, 0.2) is 49.1 Å². The number of fused-ring (bicyclic) bond motifs is 1. The van der Waals surface area contributed by atoms with Crippen LogP contribution < -0.4 is 0 Å². The van der Waals surface area contributed by atoms with Crippen molar-refractivity contribution in [3.05, 3.63) is 65.2 Å². The molecule has 1 aromatic carbocycles. The first kappa shape index (κ1) is 21.8. The molecule has 5 rings (SSSR count). The summed E-state index contributed by atoms with van der Waals surface area (Å²) in [6.07, 6.45) is 6.10. The molecule has 1 aliphatic rings. The monoisotopic (exact) mass is 470 g/mol. The minimum absolute atomic E-state index is 0.229. The van der Waals surface area contributed by atoms with Gasteiger partial charge in [0.1, 0.15) is 5.01 Å². The molecule has 0 spiro atoms. The Labute approximate surface area is 192 Å². The van der Waals surface area contributed by atoms with Crippen molar-refractivity contribution in [1.82, 2.24) is 19.7 Å². The van der Waals surface area contributed by atoms with Crippen LogP contribution in [0.1, 0.15) is 35.9 Å².